The van der Waals surface area contributed by atoms with E-state index in [0.29, 0.717) is 12.3 Å². The maximum absolute atomic E-state index is 14.0. The van der Waals surface area contributed by atoms with E-state index in [1.165, 1.54) is 0 Å². The molecule has 1 nitrogen and oxygen atoms in total. The fourth-order valence-electron chi connectivity index (χ4n) is 2.44. The molecule has 17 heavy (non-hydrogen) atoms. The molecule has 94 valence electrons. The molecule has 0 atom stereocenters. The Balaban J connectivity index is 2.16. The minimum Gasteiger partial charge on any atom is -0.390 e. The highest BCUT2D eigenvalue weighted by Crippen LogP contribution is 2.38. The molecule has 0 spiro atoms. The molecule has 0 amide bonds. The first-order valence-corrected chi connectivity index (χ1v) is 6.58. The van der Waals surface area contributed by atoms with Crippen LogP contribution in [0.1, 0.15) is 56.6 Å². The van der Waals surface area contributed by atoms with Crippen molar-refractivity contribution in [3.05, 3.63) is 35.1 Å². The van der Waals surface area contributed by atoms with E-state index < -0.39 is 5.60 Å². The Morgan fingerprint density at radius 2 is 1.94 bits per heavy atom. The summed E-state index contributed by atoms with van der Waals surface area (Å²) in [6.45, 7) is 4.18. The lowest BCUT2D eigenvalue weighted by Gasteiger charge is -2.15. The van der Waals surface area contributed by atoms with Crippen LogP contribution in [-0.2, 0) is 6.42 Å². The summed E-state index contributed by atoms with van der Waals surface area (Å²) in [6.07, 6.45) is 4.23. The molecule has 0 aliphatic heterocycles. The van der Waals surface area contributed by atoms with Gasteiger partial charge < -0.3 is 5.11 Å². The minimum absolute atomic E-state index is 0.111. The molecule has 2 heteroatoms. The molecular weight excluding hydrogens is 215 g/mol. The molecule has 1 aliphatic rings. The van der Waals surface area contributed by atoms with Gasteiger partial charge >= 0.3 is 0 Å². The van der Waals surface area contributed by atoms with Crippen molar-refractivity contribution in [3.8, 4) is 0 Å². The number of hydrogen-bond acceptors (Lipinski definition) is 1. The first kappa shape index (κ1) is 12.6. The Bertz CT molecular complexity index is 392. The maximum atomic E-state index is 14.0. The largest absolute Gasteiger partial charge is 0.390 e. The van der Waals surface area contributed by atoms with Crippen LogP contribution in [0, 0.1) is 5.82 Å². The van der Waals surface area contributed by atoms with E-state index in [0.717, 1.165) is 36.8 Å². The fourth-order valence-corrected chi connectivity index (χ4v) is 2.44. The standard InChI is InChI=1S/C15H21FO/c1-3-12(4-2)13-6-5-11(9-14(13)16)10-15(17)7-8-15/h5-6,9,12,17H,3-4,7-8,10H2,1-2H3. The highest BCUT2D eigenvalue weighted by molar-refractivity contribution is 5.29. The molecule has 0 unspecified atom stereocenters. The number of halogens is 1. The SMILES string of the molecule is CCC(CC)c1ccc(CC2(O)CC2)cc1F. The quantitative estimate of drug-likeness (QED) is 0.824. The molecule has 0 saturated heterocycles. The summed E-state index contributed by atoms with van der Waals surface area (Å²) >= 11 is 0. The lowest BCUT2D eigenvalue weighted by molar-refractivity contribution is 0.151. The zero-order chi connectivity index (χ0) is 12.5. The molecule has 0 radical (unpaired) electrons. The van der Waals surface area contributed by atoms with Gasteiger partial charge in [0.2, 0.25) is 0 Å². The predicted molar refractivity (Wildman–Crippen MR) is 67.6 cm³/mol. The topological polar surface area (TPSA) is 20.2 Å². The molecule has 1 aliphatic carbocycles. The van der Waals surface area contributed by atoms with E-state index in [4.69, 9.17) is 0 Å². The third-order valence-electron chi connectivity index (χ3n) is 3.85. The van der Waals surface area contributed by atoms with Crippen molar-refractivity contribution in [1.29, 1.82) is 0 Å². The van der Waals surface area contributed by atoms with Crippen LogP contribution in [0.15, 0.2) is 18.2 Å². The van der Waals surface area contributed by atoms with Crippen LogP contribution in [0.4, 0.5) is 4.39 Å². The van der Waals surface area contributed by atoms with Crippen LogP contribution < -0.4 is 0 Å². The number of hydrogen-bond donors (Lipinski definition) is 1. The zero-order valence-corrected chi connectivity index (χ0v) is 10.7. The molecule has 2 rings (SSSR count). The van der Waals surface area contributed by atoms with E-state index >= 15 is 0 Å². The van der Waals surface area contributed by atoms with Crippen molar-refractivity contribution in [2.75, 3.05) is 0 Å². The van der Waals surface area contributed by atoms with Gasteiger partial charge in [0.15, 0.2) is 0 Å². The second kappa shape index (κ2) is 4.77. The Labute approximate surface area is 103 Å². The Morgan fingerprint density at radius 3 is 2.41 bits per heavy atom. The summed E-state index contributed by atoms with van der Waals surface area (Å²) in [7, 11) is 0. The second-order valence-electron chi connectivity index (χ2n) is 5.27. The van der Waals surface area contributed by atoms with Gasteiger partial charge in [-0.05, 0) is 48.8 Å². The van der Waals surface area contributed by atoms with Crippen molar-refractivity contribution in [3.63, 3.8) is 0 Å². The van der Waals surface area contributed by atoms with E-state index in [-0.39, 0.29) is 5.82 Å². The van der Waals surface area contributed by atoms with Gasteiger partial charge in [0, 0.05) is 6.42 Å². The monoisotopic (exact) mass is 236 g/mol. The minimum atomic E-state index is -0.539. The van der Waals surface area contributed by atoms with Crippen molar-refractivity contribution in [1.82, 2.24) is 0 Å². The smallest absolute Gasteiger partial charge is 0.126 e. The number of rotatable bonds is 5. The predicted octanol–water partition coefficient (Wildman–Crippen LogP) is 3.80. The third-order valence-corrected chi connectivity index (χ3v) is 3.85. The normalized spacial score (nSPS) is 17.5. The lowest BCUT2D eigenvalue weighted by Crippen LogP contribution is -2.11. The first-order chi connectivity index (χ1) is 8.08. The van der Waals surface area contributed by atoms with Gasteiger partial charge in [0.05, 0.1) is 5.60 Å². The maximum Gasteiger partial charge on any atom is 0.126 e. The van der Waals surface area contributed by atoms with E-state index in [1.54, 1.807) is 6.07 Å². The zero-order valence-electron chi connectivity index (χ0n) is 10.7. The molecule has 1 fully saturated rings. The molecule has 0 bridgehead atoms. The molecule has 1 aromatic rings. The van der Waals surface area contributed by atoms with E-state index in [2.05, 4.69) is 13.8 Å². The van der Waals surface area contributed by atoms with Crippen LogP contribution in [-0.4, -0.2) is 10.7 Å². The Hall–Kier alpha value is -0.890. The fraction of sp³-hybridized carbons (Fsp3) is 0.600. The average Bonchev–Trinajstić information content (AvgIpc) is 3.00. The third kappa shape index (κ3) is 2.86. The molecule has 1 aromatic carbocycles. The Morgan fingerprint density at radius 1 is 1.29 bits per heavy atom. The van der Waals surface area contributed by atoms with Crippen LogP contribution in [0.25, 0.3) is 0 Å². The van der Waals surface area contributed by atoms with Gasteiger partial charge in [-0.1, -0.05) is 26.0 Å². The summed E-state index contributed by atoms with van der Waals surface area (Å²) in [5.41, 5.74) is 1.20. The van der Waals surface area contributed by atoms with E-state index in [1.807, 2.05) is 12.1 Å². The van der Waals surface area contributed by atoms with Crippen molar-refractivity contribution in [2.24, 2.45) is 0 Å². The van der Waals surface area contributed by atoms with Crippen molar-refractivity contribution in [2.45, 2.75) is 57.5 Å². The highest BCUT2D eigenvalue weighted by atomic mass is 19.1. The van der Waals surface area contributed by atoms with Crippen LogP contribution in [0.3, 0.4) is 0 Å². The van der Waals surface area contributed by atoms with Crippen molar-refractivity contribution >= 4 is 0 Å². The summed E-state index contributed by atoms with van der Waals surface area (Å²) in [5.74, 6) is 0.202. The van der Waals surface area contributed by atoms with Crippen LogP contribution >= 0.6 is 0 Å². The van der Waals surface area contributed by atoms with Gasteiger partial charge in [-0.25, -0.2) is 4.39 Å². The second-order valence-corrected chi connectivity index (χ2v) is 5.27. The van der Waals surface area contributed by atoms with Crippen molar-refractivity contribution < 1.29 is 9.50 Å². The van der Waals surface area contributed by atoms with Gasteiger partial charge in [0.1, 0.15) is 5.82 Å². The van der Waals surface area contributed by atoms with Crippen LogP contribution in [0.5, 0.6) is 0 Å². The number of aliphatic hydroxyl groups is 1. The Kier molecular flexibility index (Phi) is 3.53. The van der Waals surface area contributed by atoms with Gasteiger partial charge in [-0.15, -0.1) is 0 Å². The summed E-state index contributed by atoms with van der Waals surface area (Å²) in [6, 6.07) is 5.46. The summed E-state index contributed by atoms with van der Waals surface area (Å²) < 4.78 is 14.0. The van der Waals surface area contributed by atoms with Gasteiger partial charge in [-0.2, -0.15) is 0 Å². The molecular formula is C15H21FO. The summed E-state index contributed by atoms with van der Waals surface area (Å²) in [5, 5.41) is 9.82. The van der Waals surface area contributed by atoms with E-state index in [9.17, 15) is 9.50 Å². The molecule has 1 N–H and O–H groups in total. The lowest BCUT2D eigenvalue weighted by atomic mass is 9.92. The highest BCUT2D eigenvalue weighted by Gasteiger charge is 2.40. The summed E-state index contributed by atoms with van der Waals surface area (Å²) in [4.78, 5) is 0. The molecule has 0 aromatic heterocycles. The first-order valence-electron chi connectivity index (χ1n) is 6.58. The van der Waals surface area contributed by atoms with Gasteiger partial charge in [0.25, 0.3) is 0 Å². The van der Waals surface area contributed by atoms with Crippen LogP contribution in [0.2, 0.25) is 0 Å². The average molecular weight is 236 g/mol. The van der Waals surface area contributed by atoms with Gasteiger partial charge in [-0.3, -0.25) is 0 Å². The number of benzene rings is 1. The molecule has 0 heterocycles. The molecule has 1 saturated carbocycles.